The quantitative estimate of drug-likeness (QED) is 0.561. The first-order valence-electron chi connectivity index (χ1n) is 7.10. The summed E-state index contributed by atoms with van der Waals surface area (Å²) in [6.07, 6.45) is 3.26. The van der Waals surface area contributed by atoms with Crippen LogP contribution in [0.1, 0.15) is 17.7 Å². The Morgan fingerprint density at radius 3 is 2.67 bits per heavy atom. The van der Waals surface area contributed by atoms with Gasteiger partial charge in [-0.3, -0.25) is 4.98 Å². The summed E-state index contributed by atoms with van der Waals surface area (Å²) in [6.45, 7) is 0. The molecule has 21 heavy (non-hydrogen) atoms. The summed E-state index contributed by atoms with van der Waals surface area (Å²) in [5.74, 6) is 0. The number of nitrogens with zero attached hydrogens (tertiary/aromatic N) is 1. The molecule has 0 unspecified atom stereocenters. The molecule has 1 aliphatic rings. The Balaban J connectivity index is 2.15. The second kappa shape index (κ2) is 5.01. The predicted molar refractivity (Wildman–Crippen MR) is 89.2 cm³/mol. The molecule has 0 saturated heterocycles. The average molecular weight is 314 g/mol. The molecule has 1 aliphatic carbocycles. The van der Waals surface area contributed by atoms with Crippen LogP contribution in [0.5, 0.6) is 0 Å². The minimum Gasteiger partial charge on any atom is -0.253 e. The topological polar surface area (TPSA) is 12.9 Å². The summed E-state index contributed by atoms with van der Waals surface area (Å²) in [5, 5.41) is 2.60. The number of aryl methyl sites for hydroxylation is 1. The van der Waals surface area contributed by atoms with Crippen LogP contribution in [0.2, 0.25) is 10.0 Å². The third-order valence-corrected chi connectivity index (χ3v) is 4.68. The Morgan fingerprint density at radius 2 is 1.81 bits per heavy atom. The second-order valence-electron chi connectivity index (χ2n) is 5.41. The highest BCUT2D eigenvalue weighted by molar-refractivity contribution is 6.34. The molecule has 104 valence electrons. The van der Waals surface area contributed by atoms with E-state index in [2.05, 4.69) is 6.07 Å². The summed E-state index contributed by atoms with van der Waals surface area (Å²) < 4.78 is 0. The average Bonchev–Trinajstić information content (AvgIpc) is 2.94. The number of benzene rings is 2. The standard InChI is InChI=1S/C18H13Cl2N/c19-11-8-9-17-14(10-11)18(12-4-1-2-6-15(12)20)13-5-3-7-16(13)21-17/h1-2,4,6,8-10H,3,5,7H2. The van der Waals surface area contributed by atoms with Crippen molar-refractivity contribution in [1.29, 1.82) is 0 Å². The highest BCUT2D eigenvalue weighted by Crippen LogP contribution is 2.40. The number of halogens is 2. The highest BCUT2D eigenvalue weighted by atomic mass is 35.5. The fourth-order valence-electron chi connectivity index (χ4n) is 3.21. The smallest absolute Gasteiger partial charge is 0.0712 e. The predicted octanol–water partition coefficient (Wildman–Crippen LogP) is 5.70. The van der Waals surface area contributed by atoms with E-state index in [4.69, 9.17) is 28.2 Å². The van der Waals surface area contributed by atoms with Crippen LogP contribution in [-0.2, 0) is 12.8 Å². The Hall–Kier alpha value is -1.57. The van der Waals surface area contributed by atoms with Crippen LogP contribution in [0, 0.1) is 0 Å². The van der Waals surface area contributed by atoms with E-state index in [1.54, 1.807) is 0 Å². The van der Waals surface area contributed by atoms with E-state index in [9.17, 15) is 0 Å². The Kier molecular flexibility index (Phi) is 3.13. The minimum absolute atomic E-state index is 0.732. The van der Waals surface area contributed by atoms with Crippen molar-refractivity contribution in [3.05, 3.63) is 63.8 Å². The van der Waals surface area contributed by atoms with Crippen molar-refractivity contribution >= 4 is 34.1 Å². The maximum Gasteiger partial charge on any atom is 0.0712 e. The largest absolute Gasteiger partial charge is 0.253 e. The summed E-state index contributed by atoms with van der Waals surface area (Å²) in [7, 11) is 0. The van der Waals surface area contributed by atoms with Crippen molar-refractivity contribution in [2.45, 2.75) is 19.3 Å². The van der Waals surface area contributed by atoms with E-state index in [0.717, 1.165) is 45.8 Å². The number of rotatable bonds is 1. The van der Waals surface area contributed by atoms with Crippen molar-refractivity contribution in [3.63, 3.8) is 0 Å². The molecule has 1 aromatic heterocycles. The maximum absolute atomic E-state index is 6.45. The zero-order chi connectivity index (χ0) is 14.4. The number of pyridine rings is 1. The molecule has 0 radical (unpaired) electrons. The summed E-state index contributed by atoms with van der Waals surface area (Å²) in [6, 6.07) is 13.9. The van der Waals surface area contributed by atoms with E-state index >= 15 is 0 Å². The van der Waals surface area contributed by atoms with Gasteiger partial charge in [-0.15, -0.1) is 0 Å². The summed E-state index contributed by atoms with van der Waals surface area (Å²) >= 11 is 12.7. The number of hydrogen-bond donors (Lipinski definition) is 0. The van der Waals surface area contributed by atoms with Gasteiger partial charge in [-0.1, -0.05) is 41.4 Å². The van der Waals surface area contributed by atoms with Crippen molar-refractivity contribution in [2.24, 2.45) is 0 Å². The lowest BCUT2D eigenvalue weighted by Crippen LogP contribution is -1.96. The molecule has 0 bridgehead atoms. The fraction of sp³-hybridized carbons (Fsp3) is 0.167. The first kappa shape index (κ1) is 13.1. The van der Waals surface area contributed by atoms with Gasteiger partial charge >= 0.3 is 0 Å². The monoisotopic (exact) mass is 313 g/mol. The second-order valence-corrected chi connectivity index (χ2v) is 6.25. The minimum atomic E-state index is 0.732. The number of aromatic nitrogens is 1. The first-order valence-corrected chi connectivity index (χ1v) is 7.85. The van der Waals surface area contributed by atoms with Gasteiger partial charge in [-0.25, -0.2) is 0 Å². The lowest BCUT2D eigenvalue weighted by molar-refractivity contribution is 0.901. The maximum atomic E-state index is 6.45. The van der Waals surface area contributed by atoms with Gasteiger partial charge in [0.25, 0.3) is 0 Å². The molecular formula is C18H13Cl2N. The van der Waals surface area contributed by atoms with Gasteiger partial charge in [0.05, 0.1) is 5.52 Å². The molecule has 2 aromatic carbocycles. The molecule has 1 nitrogen and oxygen atoms in total. The molecule has 0 N–H and O–H groups in total. The van der Waals surface area contributed by atoms with Crippen LogP contribution in [0.15, 0.2) is 42.5 Å². The Morgan fingerprint density at radius 1 is 0.952 bits per heavy atom. The van der Waals surface area contributed by atoms with Crippen molar-refractivity contribution < 1.29 is 0 Å². The van der Waals surface area contributed by atoms with E-state index in [1.807, 2.05) is 36.4 Å². The van der Waals surface area contributed by atoms with Gasteiger partial charge in [0, 0.05) is 26.7 Å². The zero-order valence-corrected chi connectivity index (χ0v) is 12.9. The van der Waals surface area contributed by atoms with Gasteiger partial charge in [0.2, 0.25) is 0 Å². The lowest BCUT2D eigenvalue weighted by atomic mass is 9.95. The molecule has 1 heterocycles. The van der Waals surface area contributed by atoms with Crippen LogP contribution in [0.3, 0.4) is 0 Å². The van der Waals surface area contributed by atoms with Crippen LogP contribution >= 0.6 is 23.2 Å². The molecule has 0 fully saturated rings. The van der Waals surface area contributed by atoms with E-state index in [0.29, 0.717) is 0 Å². The van der Waals surface area contributed by atoms with E-state index in [1.165, 1.54) is 16.8 Å². The normalized spacial score (nSPS) is 13.6. The molecule has 0 spiro atoms. The van der Waals surface area contributed by atoms with Crippen LogP contribution in [0.25, 0.3) is 22.0 Å². The van der Waals surface area contributed by atoms with E-state index < -0.39 is 0 Å². The zero-order valence-electron chi connectivity index (χ0n) is 11.4. The number of fused-ring (bicyclic) bond motifs is 2. The first-order chi connectivity index (χ1) is 10.2. The molecule has 3 heteroatoms. The van der Waals surface area contributed by atoms with Gasteiger partial charge in [0.1, 0.15) is 0 Å². The molecule has 4 rings (SSSR count). The summed E-state index contributed by atoms with van der Waals surface area (Å²) in [5.41, 5.74) is 5.82. The highest BCUT2D eigenvalue weighted by Gasteiger charge is 2.21. The lowest BCUT2D eigenvalue weighted by Gasteiger charge is -2.14. The Bertz CT molecular complexity index is 855. The molecule has 0 atom stereocenters. The van der Waals surface area contributed by atoms with Crippen LogP contribution in [-0.4, -0.2) is 4.98 Å². The molecular weight excluding hydrogens is 301 g/mol. The Labute approximate surface area is 133 Å². The van der Waals surface area contributed by atoms with Crippen molar-refractivity contribution in [1.82, 2.24) is 4.98 Å². The van der Waals surface area contributed by atoms with Crippen molar-refractivity contribution in [3.8, 4) is 11.1 Å². The van der Waals surface area contributed by atoms with Crippen molar-refractivity contribution in [2.75, 3.05) is 0 Å². The van der Waals surface area contributed by atoms with Gasteiger partial charge in [-0.05, 0) is 54.7 Å². The van der Waals surface area contributed by atoms with Gasteiger partial charge in [-0.2, -0.15) is 0 Å². The van der Waals surface area contributed by atoms with Crippen LogP contribution in [0.4, 0.5) is 0 Å². The molecule has 0 saturated carbocycles. The third kappa shape index (κ3) is 2.12. The van der Waals surface area contributed by atoms with Gasteiger partial charge in [0.15, 0.2) is 0 Å². The fourth-order valence-corrected chi connectivity index (χ4v) is 3.61. The van der Waals surface area contributed by atoms with Crippen LogP contribution < -0.4 is 0 Å². The molecule has 3 aromatic rings. The molecule has 0 aliphatic heterocycles. The number of hydrogen-bond acceptors (Lipinski definition) is 1. The van der Waals surface area contributed by atoms with Gasteiger partial charge < -0.3 is 0 Å². The SMILES string of the molecule is Clc1ccc2nc3c(c(-c4ccccc4Cl)c2c1)CCC3. The molecule has 0 amide bonds. The van der Waals surface area contributed by atoms with E-state index in [-0.39, 0.29) is 0 Å². The summed E-state index contributed by atoms with van der Waals surface area (Å²) in [4.78, 5) is 4.81. The third-order valence-electron chi connectivity index (χ3n) is 4.12.